The fourth-order valence-electron chi connectivity index (χ4n) is 5.99. The number of nitrogens with zero attached hydrogens (tertiary/aromatic N) is 3. The minimum atomic E-state index is -0.182. The summed E-state index contributed by atoms with van der Waals surface area (Å²) in [6.07, 6.45) is 2.41. The zero-order valence-electron chi connectivity index (χ0n) is 25.5. The van der Waals surface area contributed by atoms with Crippen molar-refractivity contribution < 1.29 is 23.8 Å². The van der Waals surface area contributed by atoms with E-state index >= 15 is 0 Å². The molecule has 2 fully saturated rings. The van der Waals surface area contributed by atoms with E-state index in [-0.39, 0.29) is 11.7 Å². The highest BCUT2D eigenvalue weighted by Gasteiger charge is 2.32. The van der Waals surface area contributed by atoms with Crippen molar-refractivity contribution in [1.29, 1.82) is 0 Å². The topological polar surface area (TPSA) is 71.6 Å². The minimum absolute atomic E-state index is 0.147. The highest BCUT2D eigenvalue weighted by atomic mass is 16.5. The monoisotopic (exact) mass is 595 g/mol. The number of hydrogen-bond acceptors (Lipinski definition) is 7. The van der Waals surface area contributed by atoms with Gasteiger partial charge in [-0.15, -0.1) is 0 Å². The van der Waals surface area contributed by atoms with Crippen LogP contribution in [0.15, 0.2) is 78.6 Å². The van der Waals surface area contributed by atoms with Crippen molar-refractivity contribution in [3.63, 3.8) is 0 Å². The molecule has 0 aromatic heterocycles. The Balaban J connectivity index is 1.13. The molecule has 0 spiro atoms. The van der Waals surface area contributed by atoms with Crippen molar-refractivity contribution in [2.45, 2.75) is 32.7 Å². The van der Waals surface area contributed by atoms with Crippen LogP contribution in [0.5, 0.6) is 5.75 Å². The van der Waals surface area contributed by atoms with Gasteiger partial charge in [-0.05, 0) is 61.7 Å². The molecule has 3 aromatic rings. The van der Waals surface area contributed by atoms with Crippen molar-refractivity contribution in [2.75, 3.05) is 69.0 Å². The quantitative estimate of drug-likeness (QED) is 0.173. The number of amides is 1. The Morgan fingerprint density at radius 1 is 0.773 bits per heavy atom. The van der Waals surface area contributed by atoms with Gasteiger partial charge < -0.3 is 19.1 Å². The summed E-state index contributed by atoms with van der Waals surface area (Å²) < 4.78 is 17.1. The van der Waals surface area contributed by atoms with Crippen molar-refractivity contribution in [2.24, 2.45) is 0 Å². The fraction of sp³-hybridized carbons (Fsp3) is 0.389. The number of unbranched alkanes of at least 4 members (excludes halogenated alkanes) is 1. The molecule has 230 valence electrons. The van der Waals surface area contributed by atoms with Crippen LogP contribution < -0.4 is 14.5 Å². The summed E-state index contributed by atoms with van der Waals surface area (Å²) in [6, 6.07) is 23.6. The molecule has 0 unspecified atom stereocenters. The van der Waals surface area contributed by atoms with E-state index in [1.165, 1.54) is 0 Å². The highest BCUT2D eigenvalue weighted by molar-refractivity contribution is 6.11. The number of ether oxygens (including phenoxy) is 3. The molecule has 3 aliphatic heterocycles. The Labute approximate surface area is 259 Å². The first kappa shape index (κ1) is 30.1. The number of carbonyl (C=O) groups excluding carboxylic acids is 2. The molecule has 44 heavy (non-hydrogen) atoms. The number of rotatable bonds is 10. The lowest BCUT2D eigenvalue weighted by molar-refractivity contribution is -0.117. The molecule has 8 nitrogen and oxygen atoms in total. The number of morpholine rings is 2. The molecule has 3 aliphatic rings. The van der Waals surface area contributed by atoms with Crippen molar-refractivity contribution in [1.82, 2.24) is 4.90 Å². The van der Waals surface area contributed by atoms with Gasteiger partial charge in [0.1, 0.15) is 0 Å². The van der Waals surface area contributed by atoms with Gasteiger partial charge in [0.2, 0.25) is 0 Å². The zero-order chi connectivity index (χ0) is 30.3. The largest absolute Gasteiger partial charge is 0.449 e. The van der Waals surface area contributed by atoms with Crippen molar-refractivity contribution in [3.05, 3.63) is 95.2 Å². The zero-order valence-corrected chi connectivity index (χ0v) is 25.5. The van der Waals surface area contributed by atoms with Crippen LogP contribution in [-0.2, 0) is 20.8 Å². The fourth-order valence-corrected chi connectivity index (χ4v) is 5.99. The maximum atomic E-state index is 13.9. The number of allylic oxidation sites excluding steroid dienone is 1. The molecular formula is C36H41N3O5. The Morgan fingerprint density at radius 2 is 1.43 bits per heavy atom. The molecule has 1 amide bonds. The molecule has 6 rings (SSSR count). The van der Waals surface area contributed by atoms with Crippen LogP contribution >= 0.6 is 0 Å². The minimum Gasteiger partial charge on any atom is -0.449 e. The average molecular weight is 596 g/mol. The second-order valence-electron chi connectivity index (χ2n) is 11.6. The van der Waals surface area contributed by atoms with Gasteiger partial charge in [0.05, 0.1) is 38.7 Å². The second-order valence-corrected chi connectivity index (χ2v) is 11.6. The van der Waals surface area contributed by atoms with Crippen molar-refractivity contribution >= 4 is 28.6 Å². The number of para-hydroxylation sites is 2. The van der Waals surface area contributed by atoms with Crippen LogP contribution in [0.4, 0.5) is 11.4 Å². The molecule has 0 bridgehead atoms. The second kappa shape index (κ2) is 14.2. The van der Waals surface area contributed by atoms with Gasteiger partial charge in [0.25, 0.3) is 5.91 Å². The van der Waals surface area contributed by atoms with Crippen LogP contribution in [0.3, 0.4) is 0 Å². The van der Waals surface area contributed by atoms with Gasteiger partial charge in [-0.1, -0.05) is 48.5 Å². The van der Waals surface area contributed by atoms with E-state index in [9.17, 15) is 9.59 Å². The van der Waals surface area contributed by atoms with Gasteiger partial charge in [-0.25, -0.2) is 0 Å². The SMILES string of the molecule is C/C(=C1/Oc2ccccc2N(Cc2ccc(N3CCOCC3)cc2)C1=O)c1ccc(C(=O)CCCCN2CCOCC2)cc1. The third-order valence-corrected chi connectivity index (χ3v) is 8.67. The number of benzene rings is 3. The summed E-state index contributed by atoms with van der Waals surface area (Å²) in [5.41, 5.74) is 5.24. The van der Waals surface area contributed by atoms with Crippen molar-refractivity contribution in [3.8, 4) is 5.75 Å². The number of anilines is 2. The third kappa shape index (κ3) is 7.04. The number of Topliss-reactive ketones (excluding diaryl/α,β-unsaturated/α-hetero) is 1. The Bertz CT molecular complexity index is 1470. The number of carbonyl (C=O) groups is 2. The predicted octanol–water partition coefficient (Wildman–Crippen LogP) is 5.57. The van der Waals surface area contributed by atoms with E-state index in [2.05, 4.69) is 34.1 Å². The molecule has 0 aliphatic carbocycles. The van der Waals surface area contributed by atoms with Crippen LogP contribution in [0.25, 0.3) is 5.57 Å². The Morgan fingerprint density at radius 3 is 2.16 bits per heavy atom. The number of ketones is 1. The molecule has 0 radical (unpaired) electrons. The first-order valence-electron chi connectivity index (χ1n) is 15.7. The molecule has 3 heterocycles. The lowest BCUT2D eigenvalue weighted by atomic mass is 9.99. The van der Waals surface area contributed by atoms with E-state index in [1.54, 1.807) is 4.90 Å². The maximum Gasteiger partial charge on any atom is 0.294 e. The van der Waals surface area contributed by atoms with Crippen LogP contribution in [-0.4, -0.2) is 75.7 Å². The third-order valence-electron chi connectivity index (χ3n) is 8.67. The maximum absolute atomic E-state index is 13.9. The molecule has 2 saturated heterocycles. The molecule has 0 atom stereocenters. The van der Waals surface area contributed by atoms with E-state index in [0.717, 1.165) is 100 Å². The summed E-state index contributed by atoms with van der Waals surface area (Å²) in [4.78, 5) is 33.3. The van der Waals surface area contributed by atoms with Gasteiger partial charge in [-0.2, -0.15) is 0 Å². The van der Waals surface area contributed by atoms with Crippen LogP contribution in [0, 0.1) is 0 Å². The highest BCUT2D eigenvalue weighted by Crippen LogP contribution is 2.38. The standard InChI is InChI=1S/C36H41N3O5/c1-27(29-11-13-30(14-12-29)33(40)7-4-5-17-37-18-22-42-23-19-37)35-36(41)39(32-6-2-3-8-34(32)44-35)26-28-9-15-31(16-10-28)38-20-24-43-25-21-38/h2-3,6,8-16H,4-5,7,17-26H2,1H3/b35-27-. The van der Waals surface area contributed by atoms with E-state index in [0.29, 0.717) is 30.0 Å². The normalized spacial score (nSPS) is 18.5. The van der Waals surface area contributed by atoms with Crippen LogP contribution in [0.1, 0.15) is 47.7 Å². The van der Waals surface area contributed by atoms with Gasteiger partial charge >= 0.3 is 0 Å². The van der Waals surface area contributed by atoms with Gasteiger partial charge in [0, 0.05) is 49.4 Å². The lowest BCUT2D eigenvalue weighted by Crippen LogP contribution is -2.37. The Hall–Kier alpha value is -3.98. The number of hydrogen-bond donors (Lipinski definition) is 0. The molecule has 3 aromatic carbocycles. The molecule has 8 heteroatoms. The van der Waals surface area contributed by atoms with Gasteiger partial charge in [0.15, 0.2) is 17.3 Å². The summed E-state index contributed by atoms with van der Waals surface area (Å²) in [5, 5.41) is 0. The Kier molecular flexibility index (Phi) is 9.70. The lowest BCUT2D eigenvalue weighted by Gasteiger charge is -2.32. The smallest absolute Gasteiger partial charge is 0.294 e. The first-order chi connectivity index (χ1) is 21.6. The predicted molar refractivity (Wildman–Crippen MR) is 172 cm³/mol. The van der Waals surface area contributed by atoms with E-state index < -0.39 is 0 Å². The van der Waals surface area contributed by atoms with E-state index in [1.807, 2.05) is 55.5 Å². The average Bonchev–Trinajstić information content (AvgIpc) is 3.08. The van der Waals surface area contributed by atoms with Gasteiger partial charge in [-0.3, -0.25) is 19.4 Å². The first-order valence-corrected chi connectivity index (χ1v) is 15.7. The molecule has 0 saturated carbocycles. The summed E-state index contributed by atoms with van der Waals surface area (Å²) in [7, 11) is 0. The van der Waals surface area contributed by atoms with Crippen LogP contribution in [0.2, 0.25) is 0 Å². The summed E-state index contributed by atoms with van der Waals surface area (Å²) in [6.45, 7) is 10.1. The molecule has 0 N–H and O–H groups in total. The van der Waals surface area contributed by atoms with E-state index in [4.69, 9.17) is 14.2 Å². The summed E-state index contributed by atoms with van der Waals surface area (Å²) in [5.74, 6) is 0.915. The molecular weight excluding hydrogens is 554 g/mol. The summed E-state index contributed by atoms with van der Waals surface area (Å²) >= 11 is 0. The number of fused-ring (bicyclic) bond motifs is 1.